The summed E-state index contributed by atoms with van der Waals surface area (Å²) >= 11 is 1.45. The van der Waals surface area contributed by atoms with Gasteiger partial charge in [-0.25, -0.2) is 4.98 Å². The fourth-order valence-electron chi connectivity index (χ4n) is 1.08. The largest absolute Gasteiger partial charge is 0.382 e. The number of nitrogens with one attached hydrogen (secondary N) is 1. The monoisotopic (exact) mass is 231 g/mol. The first-order chi connectivity index (χ1) is 7.75. The maximum atomic E-state index is 7.29. The lowest BCUT2D eigenvalue weighted by atomic mass is 10.3. The van der Waals surface area contributed by atoms with Gasteiger partial charge in [-0.3, -0.25) is 15.4 Å². The molecule has 0 radical (unpaired) electrons. The summed E-state index contributed by atoms with van der Waals surface area (Å²) in [7, 11) is 0. The average molecular weight is 231 g/mol. The molecule has 0 aromatic carbocycles. The first kappa shape index (κ1) is 10.6. The second-order valence-electron chi connectivity index (χ2n) is 2.94. The van der Waals surface area contributed by atoms with Crippen molar-refractivity contribution in [1.29, 1.82) is 5.41 Å². The van der Waals surface area contributed by atoms with Gasteiger partial charge in [-0.2, -0.15) is 0 Å². The fraction of sp³-hybridized carbons (Fsp3) is 0. The van der Waals surface area contributed by atoms with Gasteiger partial charge >= 0.3 is 0 Å². The van der Waals surface area contributed by atoms with Crippen LogP contribution in [0.15, 0.2) is 46.8 Å². The predicted molar refractivity (Wildman–Crippen MR) is 61.4 cm³/mol. The molecule has 2 heterocycles. The summed E-state index contributed by atoms with van der Waals surface area (Å²) in [6, 6.07) is 3.59. The molecule has 0 unspecified atom stereocenters. The molecule has 0 bridgehead atoms. The van der Waals surface area contributed by atoms with Gasteiger partial charge in [0.25, 0.3) is 0 Å². The Labute approximate surface area is 96.7 Å². The van der Waals surface area contributed by atoms with Crippen LogP contribution < -0.4 is 5.73 Å². The average Bonchev–Trinajstić information content (AvgIpc) is 2.30. The first-order valence-corrected chi connectivity index (χ1v) is 5.31. The van der Waals surface area contributed by atoms with Gasteiger partial charge in [0.1, 0.15) is 16.6 Å². The van der Waals surface area contributed by atoms with Crippen molar-refractivity contribution in [3.05, 3.63) is 42.6 Å². The highest BCUT2D eigenvalue weighted by Gasteiger charge is 2.02. The van der Waals surface area contributed by atoms with Gasteiger partial charge in [-0.15, -0.1) is 0 Å². The first-order valence-electron chi connectivity index (χ1n) is 4.50. The Morgan fingerprint density at radius 1 is 1.25 bits per heavy atom. The van der Waals surface area contributed by atoms with Crippen LogP contribution in [0.1, 0.15) is 5.69 Å². The van der Waals surface area contributed by atoms with Crippen LogP contribution in [0.2, 0.25) is 0 Å². The summed E-state index contributed by atoms with van der Waals surface area (Å²) in [6.07, 6.45) is 6.56. The highest BCUT2D eigenvalue weighted by Crippen LogP contribution is 2.24. The lowest BCUT2D eigenvalue weighted by Crippen LogP contribution is -2.12. The molecule has 3 N–H and O–H groups in total. The highest BCUT2D eigenvalue weighted by atomic mass is 32.2. The molecule has 0 aliphatic heterocycles. The van der Waals surface area contributed by atoms with E-state index in [2.05, 4.69) is 15.0 Å². The van der Waals surface area contributed by atoms with E-state index in [4.69, 9.17) is 11.1 Å². The van der Waals surface area contributed by atoms with E-state index in [1.807, 2.05) is 6.07 Å². The lowest BCUT2D eigenvalue weighted by Gasteiger charge is -2.01. The molecule has 0 amide bonds. The zero-order valence-electron chi connectivity index (χ0n) is 8.29. The molecule has 2 rings (SSSR count). The normalized spacial score (nSPS) is 10.0. The van der Waals surface area contributed by atoms with E-state index in [0.29, 0.717) is 5.69 Å². The third-order valence-electron chi connectivity index (χ3n) is 1.77. The molecule has 0 atom stereocenters. The zero-order chi connectivity index (χ0) is 11.4. The van der Waals surface area contributed by atoms with Crippen molar-refractivity contribution in [2.75, 3.05) is 0 Å². The van der Waals surface area contributed by atoms with E-state index in [1.165, 1.54) is 11.8 Å². The van der Waals surface area contributed by atoms with Crippen molar-refractivity contribution in [1.82, 2.24) is 15.0 Å². The Hall–Kier alpha value is -1.95. The third-order valence-corrected chi connectivity index (χ3v) is 2.68. The molecular formula is C10H9N5S. The molecule has 5 nitrogen and oxygen atoms in total. The number of nitrogens with zero attached hydrogens (tertiary/aromatic N) is 3. The number of nitrogens with two attached hydrogens (primary N) is 1. The van der Waals surface area contributed by atoms with Crippen LogP contribution in [0.3, 0.4) is 0 Å². The van der Waals surface area contributed by atoms with E-state index in [-0.39, 0.29) is 5.84 Å². The number of nitrogen functional groups attached to an aromatic ring is 1. The summed E-state index contributed by atoms with van der Waals surface area (Å²) in [4.78, 5) is 13.0. The van der Waals surface area contributed by atoms with Crippen LogP contribution in [0.4, 0.5) is 0 Å². The van der Waals surface area contributed by atoms with E-state index in [0.717, 1.165) is 9.92 Å². The minimum Gasteiger partial charge on any atom is -0.382 e. The smallest absolute Gasteiger partial charge is 0.141 e. The van der Waals surface area contributed by atoms with Gasteiger partial charge in [0.2, 0.25) is 0 Å². The highest BCUT2D eigenvalue weighted by molar-refractivity contribution is 7.99. The lowest BCUT2D eigenvalue weighted by molar-refractivity contribution is 1.05. The van der Waals surface area contributed by atoms with E-state index in [9.17, 15) is 0 Å². The Kier molecular flexibility index (Phi) is 3.11. The number of amidine groups is 1. The number of aromatic nitrogens is 3. The molecule has 0 spiro atoms. The van der Waals surface area contributed by atoms with E-state index >= 15 is 0 Å². The summed E-state index contributed by atoms with van der Waals surface area (Å²) < 4.78 is 0. The topological polar surface area (TPSA) is 88.5 Å². The molecule has 0 saturated carbocycles. The van der Waals surface area contributed by atoms with Crippen LogP contribution in [0.5, 0.6) is 0 Å². The van der Waals surface area contributed by atoms with Crippen molar-refractivity contribution in [2.45, 2.75) is 9.92 Å². The van der Waals surface area contributed by atoms with E-state index < -0.39 is 0 Å². The van der Waals surface area contributed by atoms with Gasteiger partial charge in [0, 0.05) is 23.5 Å². The number of hydrogen-bond donors (Lipinski definition) is 2. The Bertz CT molecular complexity index is 500. The minimum atomic E-state index is -0.0402. The van der Waals surface area contributed by atoms with Crippen LogP contribution >= 0.6 is 11.8 Å². The third kappa shape index (κ3) is 2.54. The summed E-state index contributed by atoms with van der Waals surface area (Å²) in [6.45, 7) is 0. The summed E-state index contributed by atoms with van der Waals surface area (Å²) in [5, 5.41) is 8.08. The molecule has 0 fully saturated rings. The van der Waals surface area contributed by atoms with Crippen LogP contribution in [-0.4, -0.2) is 20.8 Å². The van der Waals surface area contributed by atoms with Crippen molar-refractivity contribution in [2.24, 2.45) is 5.73 Å². The maximum absolute atomic E-state index is 7.29. The second-order valence-corrected chi connectivity index (χ2v) is 4.03. The maximum Gasteiger partial charge on any atom is 0.141 e. The van der Waals surface area contributed by atoms with Gasteiger partial charge in [-0.05, 0) is 12.1 Å². The quantitative estimate of drug-likeness (QED) is 0.614. The van der Waals surface area contributed by atoms with Crippen molar-refractivity contribution in [3.63, 3.8) is 0 Å². The Balaban J connectivity index is 2.22. The number of hydrogen-bond acceptors (Lipinski definition) is 5. The van der Waals surface area contributed by atoms with E-state index in [1.54, 1.807) is 30.9 Å². The summed E-state index contributed by atoms with van der Waals surface area (Å²) in [5.74, 6) is -0.0402. The van der Waals surface area contributed by atoms with Crippen LogP contribution in [0.25, 0.3) is 0 Å². The standard InChI is InChI=1S/C10H9N5S/c11-10(12)8-5-7(1-2-14-8)16-9-6-13-3-4-15-9/h1-6H,(H3,11,12). The number of rotatable bonds is 3. The summed E-state index contributed by atoms with van der Waals surface area (Å²) in [5.41, 5.74) is 5.83. The van der Waals surface area contributed by atoms with Gasteiger partial charge in [0.15, 0.2) is 0 Å². The zero-order valence-corrected chi connectivity index (χ0v) is 9.11. The van der Waals surface area contributed by atoms with Gasteiger partial charge in [-0.1, -0.05) is 11.8 Å². The SMILES string of the molecule is N=C(N)c1cc(Sc2cnccn2)ccn1. The van der Waals surface area contributed by atoms with Crippen molar-refractivity contribution >= 4 is 17.6 Å². The molecular weight excluding hydrogens is 222 g/mol. The van der Waals surface area contributed by atoms with Gasteiger partial charge < -0.3 is 5.73 Å². The Morgan fingerprint density at radius 3 is 2.81 bits per heavy atom. The number of pyridine rings is 1. The molecule has 80 valence electrons. The van der Waals surface area contributed by atoms with Crippen LogP contribution in [-0.2, 0) is 0 Å². The molecule has 0 aliphatic rings. The molecule has 2 aromatic heterocycles. The van der Waals surface area contributed by atoms with Crippen molar-refractivity contribution < 1.29 is 0 Å². The van der Waals surface area contributed by atoms with Crippen LogP contribution in [0, 0.1) is 5.41 Å². The molecule has 2 aromatic rings. The minimum absolute atomic E-state index is 0.0402. The Morgan fingerprint density at radius 2 is 2.12 bits per heavy atom. The predicted octanol–water partition coefficient (Wildman–Crippen LogP) is 1.31. The molecule has 0 aliphatic carbocycles. The molecule has 16 heavy (non-hydrogen) atoms. The second kappa shape index (κ2) is 4.71. The van der Waals surface area contributed by atoms with Gasteiger partial charge in [0.05, 0.1) is 6.20 Å². The molecule has 6 heteroatoms. The fourth-order valence-corrected chi connectivity index (χ4v) is 1.85. The van der Waals surface area contributed by atoms with Crippen molar-refractivity contribution in [3.8, 4) is 0 Å². The molecule has 0 saturated heterocycles.